The molecule has 0 aliphatic carbocycles. The number of hydrogen-bond acceptors (Lipinski definition) is 4. The third-order valence-electron chi connectivity index (χ3n) is 3.14. The SMILES string of the molecule is OC(CNCCCCn1ccnc1)COc1ccccc1. The molecule has 5 heteroatoms. The van der Waals surface area contributed by atoms with E-state index in [-0.39, 0.29) is 0 Å². The van der Waals surface area contributed by atoms with Crippen molar-refractivity contribution >= 4 is 0 Å². The van der Waals surface area contributed by atoms with E-state index in [1.54, 1.807) is 6.20 Å². The van der Waals surface area contributed by atoms with Gasteiger partial charge in [-0.05, 0) is 31.5 Å². The monoisotopic (exact) mass is 289 g/mol. The van der Waals surface area contributed by atoms with E-state index in [4.69, 9.17) is 4.74 Å². The Morgan fingerprint density at radius 3 is 2.86 bits per heavy atom. The molecule has 0 radical (unpaired) electrons. The Balaban J connectivity index is 1.46. The molecule has 1 aromatic carbocycles. The van der Waals surface area contributed by atoms with Gasteiger partial charge in [-0.3, -0.25) is 0 Å². The van der Waals surface area contributed by atoms with Gasteiger partial charge >= 0.3 is 0 Å². The van der Waals surface area contributed by atoms with Crippen LogP contribution in [0.15, 0.2) is 49.1 Å². The highest BCUT2D eigenvalue weighted by Gasteiger charge is 2.04. The number of hydrogen-bond donors (Lipinski definition) is 2. The van der Waals surface area contributed by atoms with E-state index in [1.165, 1.54) is 0 Å². The Labute approximate surface area is 125 Å². The van der Waals surface area contributed by atoms with Crippen LogP contribution in [0.4, 0.5) is 0 Å². The van der Waals surface area contributed by atoms with Crippen LogP contribution in [0.1, 0.15) is 12.8 Å². The number of nitrogens with one attached hydrogen (secondary N) is 1. The lowest BCUT2D eigenvalue weighted by molar-refractivity contribution is 0.106. The molecule has 1 unspecified atom stereocenters. The molecule has 1 atom stereocenters. The molecule has 0 aliphatic heterocycles. The highest BCUT2D eigenvalue weighted by molar-refractivity contribution is 5.20. The summed E-state index contributed by atoms with van der Waals surface area (Å²) < 4.78 is 7.57. The Morgan fingerprint density at radius 1 is 1.24 bits per heavy atom. The van der Waals surface area contributed by atoms with Crippen LogP contribution >= 0.6 is 0 Å². The van der Waals surface area contributed by atoms with Crippen molar-refractivity contribution in [3.63, 3.8) is 0 Å². The van der Waals surface area contributed by atoms with E-state index in [0.29, 0.717) is 13.2 Å². The van der Waals surface area contributed by atoms with Crippen LogP contribution in [-0.4, -0.2) is 40.5 Å². The molecule has 0 amide bonds. The lowest BCUT2D eigenvalue weighted by Crippen LogP contribution is -2.32. The third-order valence-corrected chi connectivity index (χ3v) is 3.14. The molecule has 0 aliphatic rings. The van der Waals surface area contributed by atoms with Crippen LogP contribution in [0.2, 0.25) is 0 Å². The van der Waals surface area contributed by atoms with Crippen molar-refractivity contribution in [3.05, 3.63) is 49.1 Å². The Hall–Kier alpha value is -1.85. The largest absolute Gasteiger partial charge is 0.491 e. The summed E-state index contributed by atoms with van der Waals surface area (Å²) in [6.45, 7) is 2.75. The van der Waals surface area contributed by atoms with E-state index in [9.17, 15) is 5.11 Å². The number of aromatic nitrogens is 2. The van der Waals surface area contributed by atoms with Crippen molar-refractivity contribution < 1.29 is 9.84 Å². The van der Waals surface area contributed by atoms with E-state index in [1.807, 2.05) is 42.9 Å². The van der Waals surface area contributed by atoms with Crippen LogP contribution < -0.4 is 10.1 Å². The number of ether oxygens (including phenoxy) is 1. The molecular weight excluding hydrogens is 266 g/mol. The summed E-state index contributed by atoms with van der Waals surface area (Å²) in [5.74, 6) is 0.789. The van der Waals surface area contributed by atoms with Gasteiger partial charge in [0.1, 0.15) is 18.5 Å². The predicted octanol–water partition coefficient (Wildman–Crippen LogP) is 1.69. The summed E-state index contributed by atoms with van der Waals surface area (Å²) in [7, 11) is 0. The van der Waals surface area contributed by atoms with Gasteiger partial charge in [0.15, 0.2) is 0 Å². The summed E-state index contributed by atoms with van der Waals surface area (Å²) in [5, 5.41) is 13.1. The topological polar surface area (TPSA) is 59.3 Å². The number of aliphatic hydroxyl groups is 1. The average Bonchev–Trinajstić information content (AvgIpc) is 3.03. The van der Waals surface area contributed by atoms with Crippen LogP contribution in [0.5, 0.6) is 5.75 Å². The molecule has 2 aromatic rings. The minimum Gasteiger partial charge on any atom is -0.491 e. The maximum Gasteiger partial charge on any atom is 0.119 e. The van der Waals surface area contributed by atoms with Crippen molar-refractivity contribution in [1.29, 1.82) is 0 Å². The molecule has 0 saturated carbocycles. The van der Waals surface area contributed by atoms with Gasteiger partial charge in [-0.25, -0.2) is 4.98 Å². The molecule has 0 fully saturated rings. The quantitative estimate of drug-likeness (QED) is 0.654. The van der Waals surface area contributed by atoms with Crippen molar-refractivity contribution in [2.45, 2.75) is 25.5 Å². The summed E-state index contributed by atoms with van der Waals surface area (Å²) in [5.41, 5.74) is 0. The van der Waals surface area contributed by atoms with E-state index < -0.39 is 6.10 Å². The molecule has 5 nitrogen and oxygen atoms in total. The minimum absolute atomic E-state index is 0.312. The van der Waals surface area contributed by atoms with Gasteiger partial charge in [0.05, 0.1) is 6.33 Å². The van der Waals surface area contributed by atoms with Gasteiger partial charge in [0.25, 0.3) is 0 Å². The number of aryl methyl sites for hydroxylation is 1. The van der Waals surface area contributed by atoms with Crippen molar-refractivity contribution in [3.8, 4) is 5.75 Å². The smallest absolute Gasteiger partial charge is 0.119 e. The summed E-state index contributed by atoms with van der Waals surface area (Å²) in [4.78, 5) is 4.01. The molecule has 0 bridgehead atoms. The molecule has 21 heavy (non-hydrogen) atoms. The van der Waals surface area contributed by atoms with Crippen LogP contribution in [0.3, 0.4) is 0 Å². The van der Waals surface area contributed by atoms with Gasteiger partial charge < -0.3 is 19.7 Å². The fraction of sp³-hybridized carbons (Fsp3) is 0.438. The number of nitrogens with zero attached hydrogens (tertiary/aromatic N) is 2. The first-order chi connectivity index (χ1) is 10.3. The van der Waals surface area contributed by atoms with Crippen LogP contribution in [0, 0.1) is 0 Å². The first-order valence-electron chi connectivity index (χ1n) is 7.37. The first-order valence-corrected chi connectivity index (χ1v) is 7.37. The summed E-state index contributed by atoms with van der Waals surface area (Å²) >= 11 is 0. The van der Waals surface area contributed by atoms with E-state index >= 15 is 0 Å². The molecule has 114 valence electrons. The van der Waals surface area contributed by atoms with Gasteiger partial charge in [-0.15, -0.1) is 0 Å². The highest BCUT2D eigenvalue weighted by atomic mass is 16.5. The maximum absolute atomic E-state index is 9.82. The zero-order valence-electron chi connectivity index (χ0n) is 12.2. The number of benzene rings is 1. The lowest BCUT2D eigenvalue weighted by Gasteiger charge is -2.13. The van der Waals surface area contributed by atoms with Gasteiger partial charge in [0.2, 0.25) is 0 Å². The number of unbranched alkanes of at least 4 members (excludes halogenated alkanes) is 1. The first kappa shape index (κ1) is 15.5. The van der Waals surface area contributed by atoms with E-state index in [0.717, 1.165) is 31.7 Å². The highest BCUT2D eigenvalue weighted by Crippen LogP contribution is 2.08. The predicted molar refractivity (Wildman–Crippen MR) is 82.3 cm³/mol. The second kappa shape index (κ2) is 9.15. The standard InChI is InChI=1S/C16H23N3O2/c20-15(13-21-16-6-2-1-3-7-16)12-17-8-4-5-10-19-11-9-18-14-19/h1-3,6-7,9,11,14-15,17,20H,4-5,8,10,12-13H2. The van der Waals surface area contributed by atoms with Gasteiger partial charge in [0, 0.05) is 25.5 Å². The molecule has 0 saturated heterocycles. The Morgan fingerprint density at radius 2 is 2.10 bits per heavy atom. The molecule has 0 spiro atoms. The fourth-order valence-electron chi connectivity index (χ4n) is 2.00. The second-order valence-corrected chi connectivity index (χ2v) is 4.99. The summed E-state index contributed by atoms with van der Waals surface area (Å²) in [6.07, 6.45) is 7.28. The number of imidazole rings is 1. The van der Waals surface area contributed by atoms with Gasteiger partial charge in [-0.1, -0.05) is 18.2 Å². The number of rotatable bonds is 10. The zero-order valence-corrected chi connectivity index (χ0v) is 12.2. The molecule has 1 aromatic heterocycles. The maximum atomic E-state index is 9.82. The van der Waals surface area contributed by atoms with E-state index in [2.05, 4.69) is 14.9 Å². The Kier molecular flexibility index (Phi) is 6.77. The average molecular weight is 289 g/mol. The number of aliphatic hydroxyl groups excluding tert-OH is 1. The normalized spacial score (nSPS) is 12.2. The molecule has 1 heterocycles. The fourth-order valence-corrected chi connectivity index (χ4v) is 2.00. The zero-order chi connectivity index (χ0) is 14.8. The van der Waals surface area contributed by atoms with Crippen LogP contribution in [0.25, 0.3) is 0 Å². The molecule has 2 rings (SSSR count). The van der Waals surface area contributed by atoms with Crippen molar-refractivity contribution in [2.75, 3.05) is 19.7 Å². The third kappa shape index (κ3) is 6.42. The van der Waals surface area contributed by atoms with Gasteiger partial charge in [-0.2, -0.15) is 0 Å². The summed E-state index contributed by atoms with van der Waals surface area (Å²) in [6, 6.07) is 9.54. The molecular formula is C16H23N3O2. The lowest BCUT2D eigenvalue weighted by atomic mass is 10.3. The molecule has 2 N–H and O–H groups in total. The number of para-hydroxylation sites is 1. The van der Waals surface area contributed by atoms with Crippen LogP contribution in [-0.2, 0) is 6.54 Å². The second-order valence-electron chi connectivity index (χ2n) is 4.99. The van der Waals surface area contributed by atoms with Crippen molar-refractivity contribution in [1.82, 2.24) is 14.9 Å². The van der Waals surface area contributed by atoms with Crippen molar-refractivity contribution in [2.24, 2.45) is 0 Å². The Bertz CT molecular complexity index is 474. The minimum atomic E-state index is -0.487.